The van der Waals surface area contributed by atoms with E-state index in [4.69, 9.17) is 4.74 Å². The van der Waals surface area contributed by atoms with Gasteiger partial charge in [-0.1, -0.05) is 13.8 Å². The lowest BCUT2D eigenvalue weighted by molar-refractivity contribution is 0.111. The maximum absolute atomic E-state index is 11.1. The molecule has 1 saturated heterocycles. The van der Waals surface area contributed by atoms with Gasteiger partial charge in [0.1, 0.15) is 11.5 Å². The molecule has 3 rings (SSSR count). The fraction of sp³-hybridized carbons (Fsp3) is 0.529. The molecule has 1 aliphatic rings. The summed E-state index contributed by atoms with van der Waals surface area (Å²) in [6.07, 6.45) is 4.54. The summed E-state index contributed by atoms with van der Waals surface area (Å²) >= 11 is 1.67. The van der Waals surface area contributed by atoms with E-state index in [0.717, 1.165) is 37.3 Å². The fourth-order valence-corrected chi connectivity index (χ4v) is 3.38. The Morgan fingerprint density at radius 1 is 1.38 bits per heavy atom. The summed E-state index contributed by atoms with van der Waals surface area (Å²) in [5.74, 6) is 1.01. The topological polar surface area (TPSA) is 80.2 Å². The highest BCUT2D eigenvalue weighted by Crippen LogP contribution is 2.23. The number of piperidine rings is 1. The van der Waals surface area contributed by atoms with Crippen LogP contribution in [0.15, 0.2) is 17.6 Å². The van der Waals surface area contributed by atoms with E-state index in [1.807, 2.05) is 11.6 Å². The molecule has 2 aromatic rings. The van der Waals surface area contributed by atoms with Crippen LogP contribution < -0.4 is 15.0 Å². The minimum atomic E-state index is 0. The second-order valence-electron chi connectivity index (χ2n) is 6.50. The molecule has 0 atom stereocenters. The number of rotatable bonds is 7. The fourth-order valence-electron chi connectivity index (χ4n) is 2.68. The van der Waals surface area contributed by atoms with Crippen LogP contribution in [0, 0.1) is 5.92 Å². The lowest BCUT2D eigenvalue weighted by Crippen LogP contribution is -2.39. The van der Waals surface area contributed by atoms with Gasteiger partial charge in [-0.2, -0.15) is 9.97 Å². The van der Waals surface area contributed by atoms with Crippen LogP contribution in [0.4, 0.5) is 10.9 Å². The number of nitrogens with one attached hydrogen (secondary N) is 1. The van der Waals surface area contributed by atoms with Crippen molar-refractivity contribution in [1.29, 1.82) is 0 Å². The number of halogens is 1. The molecule has 7 nitrogen and oxygen atoms in total. The summed E-state index contributed by atoms with van der Waals surface area (Å²) in [5, 5.41) is 6.49. The SMILES string of the molecule is CC(C)COc1nc(C=O)cc(NC2CCN(c3nccs3)CC2)n1.Cl. The van der Waals surface area contributed by atoms with E-state index in [1.54, 1.807) is 17.4 Å². The molecule has 142 valence electrons. The maximum Gasteiger partial charge on any atom is 0.319 e. The molecule has 0 aromatic carbocycles. The van der Waals surface area contributed by atoms with Crippen molar-refractivity contribution in [3.8, 4) is 6.01 Å². The lowest BCUT2D eigenvalue weighted by Gasteiger charge is -2.32. The maximum atomic E-state index is 11.1. The average molecular weight is 398 g/mol. The van der Waals surface area contributed by atoms with Crippen molar-refractivity contribution in [1.82, 2.24) is 15.0 Å². The first kappa shape index (κ1) is 20.4. The van der Waals surface area contributed by atoms with E-state index in [2.05, 4.69) is 39.0 Å². The van der Waals surface area contributed by atoms with E-state index in [0.29, 0.717) is 30.1 Å². The molecular weight excluding hydrogens is 374 g/mol. The molecule has 1 aliphatic heterocycles. The number of anilines is 2. The number of hydrogen-bond acceptors (Lipinski definition) is 8. The van der Waals surface area contributed by atoms with Crippen molar-refractivity contribution in [2.75, 3.05) is 29.9 Å². The Morgan fingerprint density at radius 3 is 2.77 bits per heavy atom. The highest BCUT2D eigenvalue weighted by molar-refractivity contribution is 7.13. The van der Waals surface area contributed by atoms with Crippen LogP contribution in [-0.2, 0) is 0 Å². The number of aromatic nitrogens is 3. The minimum Gasteiger partial charge on any atom is -0.463 e. The van der Waals surface area contributed by atoms with Crippen LogP contribution in [-0.4, -0.2) is 47.0 Å². The van der Waals surface area contributed by atoms with E-state index in [9.17, 15) is 4.79 Å². The van der Waals surface area contributed by atoms with Gasteiger partial charge in [0.15, 0.2) is 11.4 Å². The smallest absolute Gasteiger partial charge is 0.319 e. The van der Waals surface area contributed by atoms with Gasteiger partial charge in [-0.25, -0.2) is 4.98 Å². The van der Waals surface area contributed by atoms with E-state index >= 15 is 0 Å². The third-order valence-corrected chi connectivity index (χ3v) is 4.76. The predicted molar refractivity (Wildman–Crippen MR) is 106 cm³/mol. The molecule has 0 amide bonds. The minimum absolute atomic E-state index is 0. The predicted octanol–water partition coefficient (Wildman–Crippen LogP) is 3.28. The van der Waals surface area contributed by atoms with Gasteiger partial charge in [0.2, 0.25) is 0 Å². The van der Waals surface area contributed by atoms with Crippen LogP contribution in [0.2, 0.25) is 0 Å². The van der Waals surface area contributed by atoms with E-state index in [-0.39, 0.29) is 18.4 Å². The molecule has 9 heteroatoms. The van der Waals surface area contributed by atoms with Crippen LogP contribution >= 0.6 is 23.7 Å². The molecule has 0 spiro atoms. The summed E-state index contributed by atoms with van der Waals surface area (Å²) in [6.45, 7) is 6.53. The quantitative estimate of drug-likeness (QED) is 0.718. The summed E-state index contributed by atoms with van der Waals surface area (Å²) in [5.41, 5.74) is 0.330. The zero-order valence-corrected chi connectivity index (χ0v) is 16.6. The van der Waals surface area contributed by atoms with Gasteiger partial charge in [-0.05, 0) is 18.8 Å². The number of aldehydes is 1. The van der Waals surface area contributed by atoms with Crippen LogP contribution in [0.1, 0.15) is 37.2 Å². The molecule has 1 fully saturated rings. The third kappa shape index (κ3) is 5.54. The van der Waals surface area contributed by atoms with Gasteiger partial charge >= 0.3 is 6.01 Å². The first-order valence-corrected chi connectivity index (χ1v) is 9.40. The largest absolute Gasteiger partial charge is 0.463 e. The summed E-state index contributed by atoms with van der Waals surface area (Å²) in [4.78, 5) is 26.3. The second kappa shape index (κ2) is 9.68. The average Bonchev–Trinajstić information content (AvgIpc) is 3.15. The molecule has 0 aliphatic carbocycles. The van der Waals surface area contributed by atoms with Gasteiger partial charge in [0.05, 0.1) is 6.61 Å². The molecule has 0 bridgehead atoms. The monoisotopic (exact) mass is 397 g/mol. The van der Waals surface area contributed by atoms with Crippen molar-refractivity contribution >= 4 is 41.0 Å². The van der Waals surface area contributed by atoms with E-state index in [1.165, 1.54) is 0 Å². The molecule has 0 saturated carbocycles. The molecular formula is C17H24ClN5O2S. The number of ether oxygens (including phenoxy) is 1. The molecule has 26 heavy (non-hydrogen) atoms. The second-order valence-corrected chi connectivity index (χ2v) is 7.38. The van der Waals surface area contributed by atoms with E-state index < -0.39 is 0 Å². The molecule has 2 aromatic heterocycles. The number of hydrogen-bond donors (Lipinski definition) is 1. The Kier molecular flexibility index (Phi) is 7.59. The van der Waals surface area contributed by atoms with Crippen molar-refractivity contribution in [2.45, 2.75) is 32.7 Å². The number of nitrogens with zero attached hydrogens (tertiary/aromatic N) is 4. The Hall–Kier alpha value is -1.93. The number of carbonyl (C=O) groups is 1. The molecule has 0 radical (unpaired) electrons. The Bertz CT molecular complexity index is 690. The van der Waals surface area contributed by atoms with Gasteiger partial charge < -0.3 is 15.0 Å². The van der Waals surface area contributed by atoms with Crippen LogP contribution in [0.5, 0.6) is 6.01 Å². The van der Waals surface area contributed by atoms with Gasteiger partial charge in [0.25, 0.3) is 0 Å². The van der Waals surface area contributed by atoms with Crippen molar-refractivity contribution in [3.05, 3.63) is 23.3 Å². The highest BCUT2D eigenvalue weighted by atomic mass is 35.5. The Labute approximate surface area is 163 Å². The van der Waals surface area contributed by atoms with Gasteiger partial charge in [-0.3, -0.25) is 4.79 Å². The summed E-state index contributed by atoms with van der Waals surface area (Å²) in [6, 6.07) is 2.23. The zero-order valence-electron chi connectivity index (χ0n) is 14.9. The lowest BCUT2D eigenvalue weighted by atomic mass is 10.1. The first-order chi connectivity index (χ1) is 12.1. The van der Waals surface area contributed by atoms with Crippen LogP contribution in [0.3, 0.4) is 0 Å². The van der Waals surface area contributed by atoms with Crippen molar-refractivity contribution in [3.63, 3.8) is 0 Å². The highest BCUT2D eigenvalue weighted by Gasteiger charge is 2.21. The third-order valence-electron chi connectivity index (χ3n) is 3.93. The molecule has 3 heterocycles. The van der Waals surface area contributed by atoms with Crippen LogP contribution in [0.25, 0.3) is 0 Å². The zero-order chi connectivity index (χ0) is 17.6. The van der Waals surface area contributed by atoms with Gasteiger partial charge in [0, 0.05) is 36.8 Å². The van der Waals surface area contributed by atoms with Crippen molar-refractivity contribution < 1.29 is 9.53 Å². The standard InChI is InChI=1S/C17H23N5O2S.ClH/c1-12(2)11-24-16-20-14(10-23)9-15(21-16)19-13-3-6-22(7-4-13)17-18-5-8-25-17;/h5,8-10,12-13H,3-4,6-7,11H2,1-2H3,(H,19,20,21);1H. The number of carbonyl (C=O) groups excluding carboxylic acids is 1. The van der Waals surface area contributed by atoms with Crippen molar-refractivity contribution in [2.24, 2.45) is 5.92 Å². The summed E-state index contributed by atoms with van der Waals surface area (Å²) < 4.78 is 5.57. The first-order valence-electron chi connectivity index (χ1n) is 8.52. The normalized spacial score (nSPS) is 14.8. The molecule has 1 N–H and O–H groups in total. The number of thiazole rings is 1. The van der Waals surface area contributed by atoms with Gasteiger partial charge in [-0.15, -0.1) is 23.7 Å². The summed E-state index contributed by atoms with van der Waals surface area (Å²) in [7, 11) is 0. The molecule has 0 unspecified atom stereocenters. The Balaban J connectivity index is 0.00000243. The Morgan fingerprint density at radius 2 is 2.15 bits per heavy atom.